The number of carbonyl (C=O) groups is 2. The molecule has 2 amide bonds. The molecule has 3 N–H and O–H groups in total. The van der Waals surface area contributed by atoms with Gasteiger partial charge in [-0.2, -0.15) is 0 Å². The highest BCUT2D eigenvalue weighted by molar-refractivity contribution is 6.38. The van der Waals surface area contributed by atoms with E-state index in [9.17, 15) is 9.59 Å². The third-order valence-electron chi connectivity index (χ3n) is 5.68. The molecule has 1 aliphatic rings. The lowest BCUT2D eigenvalue weighted by molar-refractivity contribution is -0.116. The van der Waals surface area contributed by atoms with Gasteiger partial charge in [0, 0.05) is 35.4 Å². The number of nitrogens with zero attached hydrogens (tertiary/aromatic N) is 1. The molecular weight excluding hydrogens is 448 g/mol. The zero-order chi connectivity index (χ0) is 24.1. The van der Waals surface area contributed by atoms with Gasteiger partial charge in [0.05, 0.1) is 17.0 Å². The summed E-state index contributed by atoms with van der Waals surface area (Å²) in [4.78, 5) is 26.9. The highest BCUT2D eigenvalue weighted by Crippen LogP contribution is 2.38. The van der Waals surface area contributed by atoms with E-state index in [0.717, 1.165) is 35.5 Å². The number of carbonyl (C=O) groups excluding carboxylic acids is 2. The second-order valence-electron chi connectivity index (χ2n) is 8.06. The molecule has 0 aliphatic carbocycles. The molecule has 4 rings (SSSR count). The fourth-order valence-corrected chi connectivity index (χ4v) is 4.20. The van der Waals surface area contributed by atoms with Crippen LogP contribution in [0, 0.1) is 0 Å². The molecule has 0 aromatic heterocycles. The average molecular weight is 475 g/mol. The maximum Gasteiger partial charge on any atom is 0.258 e. The van der Waals surface area contributed by atoms with Crippen molar-refractivity contribution >= 4 is 51.7 Å². The molecule has 174 valence electrons. The van der Waals surface area contributed by atoms with E-state index in [1.54, 1.807) is 24.0 Å². The zero-order valence-electron chi connectivity index (χ0n) is 19.2. The summed E-state index contributed by atoms with van der Waals surface area (Å²) in [5.74, 6) is -0.186. The number of benzene rings is 3. The Hall–Kier alpha value is -3.61. The molecule has 0 fully saturated rings. The van der Waals surface area contributed by atoms with Crippen molar-refractivity contribution in [3.05, 3.63) is 88.9 Å². The highest BCUT2D eigenvalue weighted by atomic mass is 35.5. The van der Waals surface area contributed by atoms with Gasteiger partial charge >= 0.3 is 0 Å². The van der Waals surface area contributed by atoms with Crippen molar-refractivity contribution in [2.75, 3.05) is 35.7 Å². The van der Waals surface area contributed by atoms with Gasteiger partial charge in [0.25, 0.3) is 5.91 Å². The average Bonchev–Trinajstić information content (AvgIpc) is 3.15. The first-order chi connectivity index (χ1) is 16.5. The van der Waals surface area contributed by atoms with Gasteiger partial charge in [0.2, 0.25) is 5.91 Å². The van der Waals surface area contributed by atoms with Crippen molar-refractivity contribution in [2.45, 2.75) is 13.3 Å². The summed E-state index contributed by atoms with van der Waals surface area (Å²) in [5.41, 5.74) is 5.27. The van der Waals surface area contributed by atoms with Crippen LogP contribution in [0.3, 0.4) is 0 Å². The lowest BCUT2D eigenvalue weighted by atomic mass is 10.00. The molecule has 0 spiro atoms. The van der Waals surface area contributed by atoms with E-state index in [-0.39, 0.29) is 11.8 Å². The normalized spacial score (nSPS) is 13.8. The van der Waals surface area contributed by atoms with E-state index in [0.29, 0.717) is 28.5 Å². The predicted molar refractivity (Wildman–Crippen MR) is 140 cm³/mol. The first-order valence-electron chi connectivity index (χ1n) is 11.2. The van der Waals surface area contributed by atoms with Gasteiger partial charge in [-0.3, -0.25) is 9.59 Å². The monoisotopic (exact) mass is 474 g/mol. The Balaban J connectivity index is 1.69. The number of halogens is 1. The predicted octanol–water partition coefficient (Wildman–Crippen LogP) is 5.23. The van der Waals surface area contributed by atoms with Crippen molar-refractivity contribution in [3.63, 3.8) is 0 Å². The Labute approximate surface area is 204 Å². The van der Waals surface area contributed by atoms with Crippen molar-refractivity contribution in [1.29, 1.82) is 0 Å². The van der Waals surface area contributed by atoms with Crippen LogP contribution in [0.15, 0.2) is 72.8 Å². The largest absolute Gasteiger partial charge is 0.354 e. The summed E-state index contributed by atoms with van der Waals surface area (Å²) in [5, 5.41) is 10.0. The molecule has 3 aromatic carbocycles. The van der Waals surface area contributed by atoms with Gasteiger partial charge in [-0.1, -0.05) is 48.0 Å². The smallest absolute Gasteiger partial charge is 0.258 e. The van der Waals surface area contributed by atoms with E-state index in [1.165, 1.54) is 0 Å². The minimum Gasteiger partial charge on any atom is -0.354 e. The highest BCUT2D eigenvalue weighted by Gasteiger charge is 2.28. The van der Waals surface area contributed by atoms with Crippen LogP contribution in [-0.2, 0) is 9.59 Å². The molecule has 6 nitrogen and oxygen atoms in total. The first-order valence-corrected chi connectivity index (χ1v) is 11.6. The molecule has 0 bridgehead atoms. The van der Waals surface area contributed by atoms with Gasteiger partial charge in [0.15, 0.2) is 0 Å². The van der Waals surface area contributed by atoms with Gasteiger partial charge < -0.3 is 20.9 Å². The van der Waals surface area contributed by atoms with Crippen LogP contribution in [0.4, 0.5) is 17.1 Å². The molecular formula is C27H27ClN4O2. The summed E-state index contributed by atoms with van der Waals surface area (Å²) >= 11 is 6.13. The molecule has 1 heterocycles. The number of rotatable bonds is 8. The van der Waals surface area contributed by atoms with Crippen LogP contribution in [-0.4, -0.2) is 32.0 Å². The maximum absolute atomic E-state index is 13.0. The van der Waals surface area contributed by atoms with Crippen LogP contribution < -0.4 is 20.9 Å². The van der Waals surface area contributed by atoms with Crippen molar-refractivity contribution < 1.29 is 9.59 Å². The summed E-state index contributed by atoms with van der Waals surface area (Å²) in [7, 11) is 1.90. The van der Waals surface area contributed by atoms with Crippen molar-refractivity contribution in [2.24, 2.45) is 0 Å². The fourth-order valence-electron chi connectivity index (χ4n) is 4.03. The van der Waals surface area contributed by atoms with E-state index >= 15 is 0 Å². The van der Waals surface area contributed by atoms with Crippen molar-refractivity contribution in [3.8, 4) is 0 Å². The molecule has 1 aliphatic heterocycles. The molecule has 0 saturated carbocycles. The standard InChI is InChI=1S/C27H27ClN4O2/c1-18(33)32(16-6-15-29-2)22-12-10-21(11-13-22)30-26(19-7-4-3-5-8-19)25-23-14-9-20(28)17-24(23)31-27(25)34/h3-5,7-14,17,29-30H,6,15-16H2,1-2H3,(H,31,34). The topological polar surface area (TPSA) is 73.5 Å². The molecule has 7 heteroatoms. The van der Waals surface area contributed by atoms with E-state index in [2.05, 4.69) is 16.0 Å². The maximum atomic E-state index is 13.0. The van der Waals surface area contributed by atoms with E-state index < -0.39 is 0 Å². The Morgan fingerprint density at radius 3 is 2.44 bits per heavy atom. The molecule has 34 heavy (non-hydrogen) atoms. The fraction of sp³-hybridized carbons (Fsp3) is 0.185. The van der Waals surface area contributed by atoms with Gasteiger partial charge in [-0.15, -0.1) is 0 Å². The van der Waals surface area contributed by atoms with Crippen LogP contribution in [0.5, 0.6) is 0 Å². The molecule has 3 aromatic rings. The van der Waals surface area contributed by atoms with Crippen LogP contribution in [0.2, 0.25) is 5.02 Å². The van der Waals surface area contributed by atoms with Crippen LogP contribution in [0.1, 0.15) is 24.5 Å². The summed E-state index contributed by atoms with van der Waals surface area (Å²) in [6, 6.07) is 22.8. The van der Waals surface area contributed by atoms with Crippen LogP contribution in [0.25, 0.3) is 11.3 Å². The Morgan fingerprint density at radius 1 is 1.03 bits per heavy atom. The number of hydrogen-bond acceptors (Lipinski definition) is 4. The molecule has 0 unspecified atom stereocenters. The van der Waals surface area contributed by atoms with E-state index in [1.807, 2.05) is 67.7 Å². The van der Waals surface area contributed by atoms with Gasteiger partial charge in [0.1, 0.15) is 0 Å². The van der Waals surface area contributed by atoms with E-state index in [4.69, 9.17) is 11.6 Å². The number of fused-ring (bicyclic) bond motifs is 1. The molecule has 0 radical (unpaired) electrons. The molecule has 0 saturated heterocycles. The minimum atomic E-state index is -0.187. The first kappa shape index (κ1) is 23.5. The second-order valence-corrected chi connectivity index (χ2v) is 8.50. The third-order valence-corrected chi connectivity index (χ3v) is 5.91. The van der Waals surface area contributed by atoms with Gasteiger partial charge in [-0.05, 0) is 62.0 Å². The van der Waals surface area contributed by atoms with Gasteiger partial charge in [-0.25, -0.2) is 0 Å². The molecule has 0 atom stereocenters. The second kappa shape index (κ2) is 10.5. The number of amides is 2. The Bertz CT molecular complexity index is 1220. The summed E-state index contributed by atoms with van der Waals surface area (Å²) < 4.78 is 0. The van der Waals surface area contributed by atoms with Crippen molar-refractivity contribution in [1.82, 2.24) is 5.32 Å². The minimum absolute atomic E-state index is 0.00167. The lowest BCUT2D eigenvalue weighted by Crippen LogP contribution is -2.31. The Kier molecular flexibility index (Phi) is 7.30. The summed E-state index contributed by atoms with van der Waals surface area (Å²) in [6.45, 7) is 3.06. The quantitative estimate of drug-likeness (QED) is 0.308. The summed E-state index contributed by atoms with van der Waals surface area (Å²) in [6.07, 6.45) is 0.860. The number of hydrogen-bond donors (Lipinski definition) is 3. The SMILES string of the molecule is CNCCCN(C(C)=O)c1ccc(NC(=C2C(=O)Nc3cc(Cl)ccc32)c2ccccc2)cc1. The Morgan fingerprint density at radius 2 is 1.76 bits per heavy atom. The third kappa shape index (κ3) is 5.14. The van der Waals surface area contributed by atoms with Crippen LogP contribution >= 0.6 is 11.6 Å². The number of nitrogens with one attached hydrogen (secondary N) is 3. The zero-order valence-corrected chi connectivity index (χ0v) is 19.9. The number of anilines is 3. The lowest BCUT2D eigenvalue weighted by Gasteiger charge is -2.22.